The van der Waals surface area contributed by atoms with Crippen molar-refractivity contribution in [2.45, 2.75) is 33.2 Å². The molecule has 0 bridgehead atoms. The fourth-order valence-corrected chi connectivity index (χ4v) is 2.13. The molecular weight excluding hydrogens is 212 g/mol. The highest BCUT2D eigenvalue weighted by Crippen LogP contribution is 2.14. The van der Waals surface area contributed by atoms with Crippen molar-refractivity contribution >= 4 is 0 Å². The first-order chi connectivity index (χ1) is 8.22. The third-order valence-electron chi connectivity index (χ3n) is 3.25. The lowest BCUT2D eigenvalue weighted by molar-refractivity contribution is 0.279. The number of nitrogens with zero attached hydrogens (tertiary/aromatic N) is 3. The van der Waals surface area contributed by atoms with Crippen molar-refractivity contribution in [3.05, 3.63) is 18.2 Å². The summed E-state index contributed by atoms with van der Waals surface area (Å²) in [6, 6.07) is 0.362. The van der Waals surface area contributed by atoms with Gasteiger partial charge in [0.25, 0.3) is 0 Å². The van der Waals surface area contributed by atoms with E-state index in [0.29, 0.717) is 6.04 Å². The molecule has 1 atom stereocenters. The number of nitrogens with one attached hydrogen (secondary N) is 1. The molecule has 1 heterocycles. The molecule has 0 radical (unpaired) electrons. The summed E-state index contributed by atoms with van der Waals surface area (Å²) in [5, 5.41) is 3.52. The van der Waals surface area contributed by atoms with E-state index in [9.17, 15) is 0 Å². The summed E-state index contributed by atoms with van der Waals surface area (Å²) in [5.74, 6) is 1.14. The average molecular weight is 238 g/mol. The number of imidazole rings is 1. The summed E-state index contributed by atoms with van der Waals surface area (Å²) in [6.07, 6.45) is 4.99. The van der Waals surface area contributed by atoms with Crippen molar-refractivity contribution in [1.82, 2.24) is 19.8 Å². The van der Waals surface area contributed by atoms with Gasteiger partial charge < -0.3 is 14.8 Å². The van der Waals surface area contributed by atoms with Crippen molar-refractivity contribution < 1.29 is 0 Å². The molecule has 98 valence electrons. The largest absolute Gasteiger partial charge is 0.337 e. The molecular formula is C13H26N4. The summed E-state index contributed by atoms with van der Waals surface area (Å²) in [5.41, 5.74) is 0. The fraction of sp³-hybridized carbons (Fsp3) is 0.769. The Morgan fingerprint density at radius 1 is 1.35 bits per heavy atom. The minimum Gasteiger partial charge on any atom is -0.337 e. The molecule has 0 aliphatic heterocycles. The van der Waals surface area contributed by atoms with Crippen LogP contribution in [0.1, 0.15) is 39.1 Å². The summed E-state index contributed by atoms with van der Waals surface area (Å²) < 4.78 is 2.11. The Kier molecular flexibility index (Phi) is 6.22. The second-order valence-electron chi connectivity index (χ2n) is 4.32. The Bertz CT molecular complexity index is 304. The van der Waals surface area contributed by atoms with Crippen molar-refractivity contribution in [2.75, 3.05) is 26.2 Å². The molecule has 1 N–H and O–H groups in total. The van der Waals surface area contributed by atoms with Crippen LogP contribution in [0.25, 0.3) is 0 Å². The summed E-state index contributed by atoms with van der Waals surface area (Å²) in [7, 11) is 2.06. The number of hydrogen-bond acceptors (Lipinski definition) is 3. The van der Waals surface area contributed by atoms with Gasteiger partial charge in [-0.1, -0.05) is 20.8 Å². The molecule has 1 unspecified atom stereocenters. The van der Waals surface area contributed by atoms with Crippen LogP contribution in [0.2, 0.25) is 0 Å². The van der Waals surface area contributed by atoms with Crippen LogP contribution < -0.4 is 5.32 Å². The Morgan fingerprint density at radius 2 is 2.06 bits per heavy atom. The molecule has 0 spiro atoms. The number of aromatic nitrogens is 2. The maximum absolute atomic E-state index is 4.45. The second-order valence-corrected chi connectivity index (χ2v) is 4.32. The first-order valence-electron chi connectivity index (χ1n) is 6.65. The molecule has 4 heteroatoms. The van der Waals surface area contributed by atoms with Gasteiger partial charge in [-0.05, 0) is 26.1 Å². The van der Waals surface area contributed by atoms with Gasteiger partial charge in [-0.2, -0.15) is 0 Å². The average Bonchev–Trinajstić information content (AvgIpc) is 2.75. The van der Waals surface area contributed by atoms with Crippen molar-refractivity contribution in [3.63, 3.8) is 0 Å². The van der Waals surface area contributed by atoms with Gasteiger partial charge in [0.2, 0.25) is 0 Å². The number of hydrogen-bond donors (Lipinski definition) is 1. The van der Waals surface area contributed by atoms with Gasteiger partial charge in [-0.25, -0.2) is 4.98 Å². The van der Waals surface area contributed by atoms with Crippen LogP contribution in [0.4, 0.5) is 0 Å². The Hall–Kier alpha value is -0.870. The van der Waals surface area contributed by atoms with E-state index in [1.165, 1.54) is 0 Å². The van der Waals surface area contributed by atoms with Crippen LogP contribution in [0.3, 0.4) is 0 Å². The highest BCUT2D eigenvalue weighted by molar-refractivity contribution is 4.98. The van der Waals surface area contributed by atoms with E-state index >= 15 is 0 Å². The highest BCUT2D eigenvalue weighted by atomic mass is 15.1. The van der Waals surface area contributed by atoms with Gasteiger partial charge in [-0.3, -0.25) is 0 Å². The van der Waals surface area contributed by atoms with Crippen LogP contribution in [0, 0.1) is 0 Å². The molecule has 0 aromatic carbocycles. The van der Waals surface area contributed by atoms with Crippen molar-refractivity contribution in [3.8, 4) is 0 Å². The van der Waals surface area contributed by atoms with Crippen LogP contribution >= 0.6 is 0 Å². The Morgan fingerprint density at radius 3 is 2.53 bits per heavy atom. The van der Waals surface area contributed by atoms with Crippen LogP contribution in [0.5, 0.6) is 0 Å². The third kappa shape index (κ3) is 4.13. The molecule has 0 saturated heterocycles. The first-order valence-corrected chi connectivity index (χ1v) is 6.65. The highest BCUT2D eigenvalue weighted by Gasteiger charge is 2.15. The molecule has 0 aliphatic rings. The van der Waals surface area contributed by atoms with Gasteiger partial charge in [-0.15, -0.1) is 0 Å². The molecule has 1 rings (SSSR count). The van der Waals surface area contributed by atoms with Crippen LogP contribution in [-0.2, 0) is 7.05 Å². The predicted molar refractivity (Wildman–Crippen MR) is 72.0 cm³/mol. The quantitative estimate of drug-likeness (QED) is 0.750. The van der Waals surface area contributed by atoms with Gasteiger partial charge in [0.15, 0.2) is 0 Å². The fourth-order valence-electron chi connectivity index (χ4n) is 2.13. The summed E-state index contributed by atoms with van der Waals surface area (Å²) in [6.45, 7) is 10.9. The van der Waals surface area contributed by atoms with Crippen LogP contribution in [-0.4, -0.2) is 40.6 Å². The molecule has 4 nitrogen and oxygen atoms in total. The molecule has 17 heavy (non-hydrogen) atoms. The summed E-state index contributed by atoms with van der Waals surface area (Å²) in [4.78, 5) is 6.90. The third-order valence-corrected chi connectivity index (χ3v) is 3.25. The van der Waals surface area contributed by atoms with Crippen molar-refractivity contribution in [1.29, 1.82) is 0 Å². The lowest BCUT2D eigenvalue weighted by atomic mass is 10.1. The van der Waals surface area contributed by atoms with E-state index in [1.54, 1.807) is 0 Å². The van der Waals surface area contributed by atoms with E-state index in [2.05, 4.69) is 47.6 Å². The Labute approximate surface area is 105 Å². The smallest absolute Gasteiger partial charge is 0.125 e. The minimum absolute atomic E-state index is 0.362. The topological polar surface area (TPSA) is 33.1 Å². The zero-order valence-corrected chi connectivity index (χ0v) is 11.6. The van der Waals surface area contributed by atoms with Gasteiger partial charge in [0, 0.05) is 26.0 Å². The molecule has 0 saturated carbocycles. The molecule has 0 amide bonds. The maximum atomic E-state index is 4.45. The van der Waals surface area contributed by atoms with E-state index in [1.807, 2.05) is 12.4 Å². The molecule has 0 fully saturated rings. The SMILES string of the molecule is CCNC(CCN(CC)CC)c1nccn1C. The molecule has 1 aromatic heterocycles. The van der Waals surface area contributed by atoms with Gasteiger partial charge >= 0.3 is 0 Å². The first kappa shape index (κ1) is 14.2. The van der Waals surface area contributed by atoms with Gasteiger partial charge in [0.05, 0.1) is 6.04 Å². The van der Waals surface area contributed by atoms with E-state index in [0.717, 1.165) is 38.4 Å². The monoisotopic (exact) mass is 238 g/mol. The lowest BCUT2D eigenvalue weighted by Crippen LogP contribution is -2.30. The zero-order valence-electron chi connectivity index (χ0n) is 11.6. The number of rotatable bonds is 8. The molecule has 0 aliphatic carbocycles. The number of aryl methyl sites for hydroxylation is 1. The predicted octanol–water partition coefficient (Wildman–Crippen LogP) is 1.80. The molecule has 1 aromatic rings. The normalized spacial score (nSPS) is 13.2. The summed E-state index contributed by atoms with van der Waals surface area (Å²) >= 11 is 0. The standard InChI is InChI=1S/C13H26N4/c1-5-14-12(8-10-17(6-2)7-3)13-15-9-11-16(13)4/h9,11-12,14H,5-8,10H2,1-4H3. The van der Waals surface area contributed by atoms with E-state index in [-0.39, 0.29) is 0 Å². The van der Waals surface area contributed by atoms with Crippen molar-refractivity contribution in [2.24, 2.45) is 7.05 Å². The zero-order chi connectivity index (χ0) is 12.7. The Balaban J connectivity index is 2.58. The maximum Gasteiger partial charge on any atom is 0.125 e. The van der Waals surface area contributed by atoms with Crippen LogP contribution in [0.15, 0.2) is 12.4 Å². The van der Waals surface area contributed by atoms with Gasteiger partial charge in [0.1, 0.15) is 5.82 Å². The minimum atomic E-state index is 0.362. The lowest BCUT2D eigenvalue weighted by Gasteiger charge is -2.23. The van der Waals surface area contributed by atoms with E-state index in [4.69, 9.17) is 0 Å². The second kappa shape index (κ2) is 7.45. The van der Waals surface area contributed by atoms with E-state index < -0.39 is 0 Å².